The molecule has 3 rings (SSSR count). The van der Waals surface area contributed by atoms with Gasteiger partial charge in [0.25, 0.3) is 0 Å². The number of carboxylic acid groups (broad SMARTS) is 1. The number of hydrogen-bond acceptors (Lipinski definition) is 3. The zero-order valence-corrected chi connectivity index (χ0v) is 14.0. The molecule has 23 heavy (non-hydrogen) atoms. The van der Waals surface area contributed by atoms with E-state index in [-0.39, 0.29) is 18.6 Å². The van der Waals surface area contributed by atoms with Crippen molar-refractivity contribution in [3.63, 3.8) is 0 Å². The molecule has 1 saturated heterocycles. The van der Waals surface area contributed by atoms with Crippen LogP contribution in [0.3, 0.4) is 0 Å². The highest BCUT2D eigenvalue weighted by atomic mass is 32.1. The summed E-state index contributed by atoms with van der Waals surface area (Å²) in [7, 11) is 0. The van der Waals surface area contributed by atoms with Gasteiger partial charge in [-0.05, 0) is 37.8 Å². The Kier molecular flexibility index (Phi) is 4.02. The summed E-state index contributed by atoms with van der Waals surface area (Å²) in [5, 5.41) is 13.4. The van der Waals surface area contributed by atoms with Gasteiger partial charge in [0.15, 0.2) is 0 Å². The Labute approximate surface area is 138 Å². The monoisotopic (exact) mass is 332 g/mol. The van der Waals surface area contributed by atoms with Crippen LogP contribution in [-0.2, 0) is 4.79 Å². The van der Waals surface area contributed by atoms with Crippen LogP contribution in [0.2, 0.25) is 0 Å². The maximum absolute atomic E-state index is 12.4. The molecule has 6 heteroatoms. The van der Waals surface area contributed by atoms with Gasteiger partial charge in [0.2, 0.25) is 0 Å². The zero-order chi connectivity index (χ0) is 16.6. The van der Waals surface area contributed by atoms with Crippen molar-refractivity contribution < 1.29 is 14.7 Å². The van der Waals surface area contributed by atoms with Gasteiger partial charge in [-0.15, -0.1) is 11.3 Å². The molecule has 0 radical (unpaired) electrons. The fourth-order valence-electron chi connectivity index (χ4n) is 2.87. The third kappa shape index (κ3) is 3.03. The van der Waals surface area contributed by atoms with Crippen molar-refractivity contribution >= 4 is 33.4 Å². The average molecular weight is 332 g/mol. The molecule has 1 aromatic heterocycles. The van der Waals surface area contributed by atoms with E-state index in [0.717, 1.165) is 4.88 Å². The van der Waals surface area contributed by atoms with Crippen LogP contribution >= 0.6 is 11.3 Å². The van der Waals surface area contributed by atoms with Gasteiger partial charge in [-0.2, -0.15) is 0 Å². The summed E-state index contributed by atoms with van der Waals surface area (Å²) in [4.78, 5) is 26.4. The van der Waals surface area contributed by atoms with E-state index in [4.69, 9.17) is 0 Å². The molecule has 0 aliphatic carbocycles. The molecule has 0 saturated carbocycles. The molecule has 5 nitrogen and oxygen atoms in total. The maximum Gasteiger partial charge on any atom is 0.317 e. The Balaban J connectivity index is 1.67. The number of urea groups is 1. The van der Waals surface area contributed by atoms with E-state index >= 15 is 0 Å². The molecule has 1 aromatic carbocycles. The van der Waals surface area contributed by atoms with Crippen LogP contribution < -0.4 is 5.32 Å². The molecule has 1 fully saturated rings. The second-order valence-electron chi connectivity index (χ2n) is 6.40. The first-order chi connectivity index (χ1) is 10.9. The summed E-state index contributed by atoms with van der Waals surface area (Å²) in [5.74, 6) is -0.842. The summed E-state index contributed by atoms with van der Waals surface area (Å²) < 4.78 is 1.20. The molecule has 122 valence electrons. The van der Waals surface area contributed by atoms with E-state index in [9.17, 15) is 14.7 Å². The molecule has 2 amide bonds. The van der Waals surface area contributed by atoms with Gasteiger partial charge in [0, 0.05) is 22.7 Å². The highest BCUT2D eigenvalue weighted by Crippen LogP contribution is 2.32. The van der Waals surface area contributed by atoms with E-state index in [0.29, 0.717) is 13.0 Å². The fraction of sp³-hybridized carbons (Fsp3) is 0.412. The van der Waals surface area contributed by atoms with E-state index in [1.807, 2.05) is 19.1 Å². The lowest BCUT2D eigenvalue weighted by molar-refractivity contribution is -0.146. The van der Waals surface area contributed by atoms with Gasteiger partial charge >= 0.3 is 12.0 Å². The lowest BCUT2D eigenvalue weighted by Gasteiger charge is -2.22. The van der Waals surface area contributed by atoms with Crippen molar-refractivity contribution in [1.29, 1.82) is 0 Å². The predicted octanol–water partition coefficient (Wildman–Crippen LogP) is 3.47. The summed E-state index contributed by atoms with van der Waals surface area (Å²) in [5.41, 5.74) is -0.835. The van der Waals surface area contributed by atoms with Crippen LogP contribution in [-0.4, -0.2) is 35.1 Å². The van der Waals surface area contributed by atoms with Gasteiger partial charge in [0.1, 0.15) is 0 Å². The largest absolute Gasteiger partial charge is 0.481 e. The number of aliphatic carboxylic acids is 1. The lowest BCUT2D eigenvalue weighted by Crippen LogP contribution is -2.41. The number of rotatable bonds is 3. The molecular formula is C17H20N2O3S. The number of carboxylic acids is 1. The first kappa shape index (κ1) is 15.8. The standard InChI is InChI=1S/C17H20N2O3S/c1-11(14-9-12-5-3-4-6-13(12)23-14)18-16(22)19-8-7-17(2,10-19)15(20)21/h3-6,9,11H,7-8,10H2,1-2H3,(H,18,22)(H,20,21). The second kappa shape index (κ2) is 5.85. The first-order valence-corrected chi connectivity index (χ1v) is 8.48. The Morgan fingerprint density at radius 2 is 2.13 bits per heavy atom. The number of nitrogens with zero attached hydrogens (tertiary/aromatic N) is 1. The molecule has 2 N–H and O–H groups in total. The van der Waals surface area contributed by atoms with Gasteiger partial charge in [-0.1, -0.05) is 18.2 Å². The van der Waals surface area contributed by atoms with Crippen molar-refractivity contribution in [1.82, 2.24) is 10.2 Å². The number of likely N-dealkylation sites (tertiary alicyclic amines) is 1. The number of benzene rings is 1. The molecule has 2 atom stereocenters. The fourth-order valence-corrected chi connectivity index (χ4v) is 3.94. The quantitative estimate of drug-likeness (QED) is 0.904. The number of hydrogen-bond donors (Lipinski definition) is 2. The number of amides is 2. The van der Waals surface area contributed by atoms with E-state index in [1.54, 1.807) is 23.2 Å². The summed E-state index contributed by atoms with van der Waals surface area (Å²) in [6.45, 7) is 4.38. The summed E-state index contributed by atoms with van der Waals surface area (Å²) >= 11 is 1.67. The minimum absolute atomic E-state index is 0.100. The number of carbonyl (C=O) groups excluding carboxylic acids is 1. The van der Waals surface area contributed by atoms with E-state index in [1.165, 1.54) is 10.1 Å². The molecule has 2 aromatic rings. The molecule has 0 bridgehead atoms. The highest BCUT2D eigenvalue weighted by Gasteiger charge is 2.42. The summed E-state index contributed by atoms with van der Waals surface area (Å²) in [6, 6.07) is 9.92. The minimum Gasteiger partial charge on any atom is -0.481 e. The van der Waals surface area contributed by atoms with Crippen molar-refractivity contribution in [3.8, 4) is 0 Å². The predicted molar refractivity (Wildman–Crippen MR) is 90.7 cm³/mol. The molecule has 2 unspecified atom stereocenters. The van der Waals surface area contributed by atoms with Crippen molar-refractivity contribution in [2.24, 2.45) is 5.41 Å². The Bertz CT molecular complexity index is 724. The molecule has 1 aliphatic rings. The number of nitrogens with one attached hydrogen (secondary N) is 1. The van der Waals surface area contributed by atoms with Gasteiger partial charge in [-0.25, -0.2) is 4.79 Å². The second-order valence-corrected chi connectivity index (χ2v) is 7.51. The molecular weight excluding hydrogens is 312 g/mol. The van der Waals surface area contributed by atoms with Gasteiger partial charge in [-0.3, -0.25) is 4.79 Å². The van der Waals surface area contributed by atoms with Crippen LogP contribution in [0.4, 0.5) is 4.79 Å². The normalized spacial score (nSPS) is 22.3. The third-order valence-corrected chi connectivity index (χ3v) is 5.79. The topological polar surface area (TPSA) is 69.6 Å². The average Bonchev–Trinajstić information content (AvgIpc) is 3.11. The van der Waals surface area contributed by atoms with Crippen LogP contribution in [0.5, 0.6) is 0 Å². The van der Waals surface area contributed by atoms with Gasteiger partial charge < -0.3 is 15.3 Å². The minimum atomic E-state index is -0.842. The third-order valence-electron chi connectivity index (χ3n) is 4.49. The van der Waals surface area contributed by atoms with Crippen molar-refractivity contribution in [2.75, 3.05) is 13.1 Å². The van der Waals surface area contributed by atoms with Crippen LogP contribution in [0, 0.1) is 5.41 Å². The van der Waals surface area contributed by atoms with Crippen LogP contribution in [0.25, 0.3) is 10.1 Å². The smallest absolute Gasteiger partial charge is 0.317 e. The van der Waals surface area contributed by atoms with Crippen molar-refractivity contribution in [3.05, 3.63) is 35.2 Å². The van der Waals surface area contributed by atoms with Crippen molar-refractivity contribution in [2.45, 2.75) is 26.3 Å². The Morgan fingerprint density at radius 3 is 2.78 bits per heavy atom. The number of carbonyl (C=O) groups is 2. The summed E-state index contributed by atoms with van der Waals surface area (Å²) in [6.07, 6.45) is 0.493. The van der Waals surface area contributed by atoms with E-state index < -0.39 is 11.4 Å². The highest BCUT2D eigenvalue weighted by molar-refractivity contribution is 7.19. The molecule has 1 aliphatic heterocycles. The SMILES string of the molecule is CC(NC(=O)N1CCC(C)(C(=O)O)C1)c1cc2ccccc2s1. The van der Waals surface area contributed by atoms with E-state index in [2.05, 4.69) is 23.5 Å². The zero-order valence-electron chi connectivity index (χ0n) is 13.2. The maximum atomic E-state index is 12.4. The van der Waals surface area contributed by atoms with Gasteiger partial charge in [0.05, 0.1) is 11.5 Å². The Morgan fingerprint density at radius 1 is 1.39 bits per heavy atom. The molecule has 2 heterocycles. The molecule has 0 spiro atoms. The van der Waals surface area contributed by atoms with Crippen LogP contribution in [0.15, 0.2) is 30.3 Å². The Hall–Kier alpha value is -2.08. The first-order valence-electron chi connectivity index (χ1n) is 7.66. The van der Waals surface area contributed by atoms with Crippen LogP contribution in [0.1, 0.15) is 31.2 Å². The lowest BCUT2D eigenvalue weighted by atomic mass is 9.90. The number of fused-ring (bicyclic) bond motifs is 1. The number of thiophene rings is 1.